The zero-order chi connectivity index (χ0) is 58.4. The van der Waals surface area contributed by atoms with Crippen molar-refractivity contribution >= 4 is 13.7 Å². The van der Waals surface area contributed by atoms with E-state index in [9.17, 15) is 19.4 Å². The molecule has 0 saturated heterocycles. The number of hydrogen-bond donors (Lipinski definition) is 2. The molecule has 9 heteroatoms. The second kappa shape index (κ2) is 63.0. The maximum absolute atomic E-state index is 13.1. The van der Waals surface area contributed by atoms with Crippen LogP contribution in [-0.2, 0) is 18.4 Å². The summed E-state index contributed by atoms with van der Waals surface area (Å²) in [6.45, 7) is 4.80. The van der Waals surface area contributed by atoms with Gasteiger partial charge >= 0.3 is 0 Å². The molecule has 0 aromatic carbocycles. The molecule has 0 aliphatic carbocycles. The summed E-state index contributed by atoms with van der Waals surface area (Å²) in [5.74, 6) is -0.153. The zero-order valence-electron chi connectivity index (χ0n) is 55.1. The van der Waals surface area contributed by atoms with Crippen LogP contribution >= 0.6 is 7.82 Å². The fourth-order valence-electron chi connectivity index (χ4n) is 11.7. The van der Waals surface area contributed by atoms with E-state index in [2.05, 4.69) is 19.2 Å². The minimum absolute atomic E-state index is 0.0170. The molecule has 0 rings (SSSR count). The van der Waals surface area contributed by atoms with Gasteiger partial charge < -0.3 is 28.8 Å². The van der Waals surface area contributed by atoms with Crippen LogP contribution in [0.5, 0.6) is 0 Å². The van der Waals surface area contributed by atoms with E-state index in [-0.39, 0.29) is 19.1 Å². The normalized spacial score (nSPS) is 13.5. The van der Waals surface area contributed by atoms with Crippen molar-refractivity contribution in [1.82, 2.24) is 5.32 Å². The number of nitrogens with zero attached hydrogens (tertiary/aromatic N) is 1. The second-order valence-electron chi connectivity index (χ2n) is 26.7. The van der Waals surface area contributed by atoms with E-state index in [1.54, 1.807) is 0 Å². The molecule has 3 unspecified atom stereocenters. The third kappa shape index (κ3) is 65.1. The number of rotatable bonds is 69. The third-order valence-corrected chi connectivity index (χ3v) is 18.3. The Labute approximate surface area is 501 Å². The van der Waals surface area contributed by atoms with E-state index in [0.29, 0.717) is 23.9 Å². The highest BCUT2D eigenvalue weighted by molar-refractivity contribution is 7.45. The molecule has 80 heavy (non-hydrogen) atoms. The lowest BCUT2D eigenvalue weighted by atomic mass is 10.0. The van der Waals surface area contributed by atoms with Crippen LogP contribution in [0.2, 0.25) is 0 Å². The number of amides is 1. The van der Waals surface area contributed by atoms with Crippen molar-refractivity contribution in [2.75, 3.05) is 40.9 Å². The van der Waals surface area contributed by atoms with Crippen molar-refractivity contribution in [3.05, 3.63) is 0 Å². The number of aliphatic hydroxyl groups is 1. The molecule has 0 aromatic rings. The fourth-order valence-corrected chi connectivity index (χ4v) is 12.4. The Kier molecular flexibility index (Phi) is 62.6. The second-order valence-corrected chi connectivity index (χ2v) is 28.1. The average Bonchev–Trinajstić information content (AvgIpc) is 3.42. The molecule has 1 amide bonds. The Balaban J connectivity index is 3.96. The molecule has 0 radical (unpaired) electrons. The third-order valence-electron chi connectivity index (χ3n) is 17.3. The van der Waals surface area contributed by atoms with Gasteiger partial charge in [0.25, 0.3) is 7.82 Å². The van der Waals surface area contributed by atoms with Gasteiger partial charge in [0.2, 0.25) is 5.91 Å². The number of phosphoric acid groups is 1. The van der Waals surface area contributed by atoms with Gasteiger partial charge in [-0.25, -0.2) is 0 Å². The van der Waals surface area contributed by atoms with E-state index in [4.69, 9.17) is 9.05 Å². The highest BCUT2D eigenvalue weighted by atomic mass is 31.2. The van der Waals surface area contributed by atoms with Crippen LogP contribution < -0.4 is 10.2 Å². The molecule has 3 atom stereocenters. The predicted octanol–water partition coefficient (Wildman–Crippen LogP) is 22.5. The van der Waals surface area contributed by atoms with E-state index >= 15 is 0 Å². The summed E-state index contributed by atoms with van der Waals surface area (Å²) in [5, 5.41) is 14.1. The number of quaternary nitrogens is 1. The van der Waals surface area contributed by atoms with Gasteiger partial charge in [0.05, 0.1) is 39.9 Å². The van der Waals surface area contributed by atoms with Crippen molar-refractivity contribution < 1.29 is 32.9 Å². The summed E-state index contributed by atoms with van der Waals surface area (Å²) in [7, 11) is 1.33. The molecule has 0 aromatic heterocycles. The van der Waals surface area contributed by atoms with E-state index in [0.717, 1.165) is 38.5 Å². The van der Waals surface area contributed by atoms with Gasteiger partial charge in [0.15, 0.2) is 0 Å². The summed E-state index contributed by atoms with van der Waals surface area (Å²) in [6, 6.07) is -0.797. The molecule has 0 fully saturated rings. The first-order chi connectivity index (χ1) is 39.0. The number of unbranched alkanes of at least 4 members (excludes halogenated alkanes) is 56. The van der Waals surface area contributed by atoms with Crippen molar-refractivity contribution in [1.29, 1.82) is 0 Å². The molecule has 0 bridgehead atoms. The van der Waals surface area contributed by atoms with Crippen LogP contribution in [-0.4, -0.2) is 68.5 Å². The summed E-state index contributed by atoms with van der Waals surface area (Å²) >= 11 is 0. The molecule has 480 valence electrons. The van der Waals surface area contributed by atoms with Gasteiger partial charge in [0, 0.05) is 6.42 Å². The highest BCUT2D eigenvalue weighted by Gasteiger charge is 2.24. The van der Waals surface area contributed by atoms with E-state index in [1.165, 1.54) is 334 Å². The van der Waals surface area contributed by atoms with Gasteiger partial charge in [-0.2, -0.15) is 0 Å². The summed E-state index contributed by atoms with van der Waals surface area (Å²) in [4.78, 5) is 25.7. The average molecular weight is 1150 g/mol. The zero-order valence-corrected chi connectivity index (χ0v) is 56.0. The molecule has 0 aliphatic heterocycles. The first-order valence-corrected chi connectivity index (χ1v) is 37.8. The Bertz CT molecular complexity index is 1260. The molecule has 0 spiro atoms. The number of carbonyl (C=O) groups excluding carboxylic acids is 1. The lowest BCUT2D eigenvalue weighted by Gasteiger charge is -2.30. The van der Waals surface area contributed by atoms with Crippen molar-refractivity contribution in [2.45, 2.75) is 411 Å². The number of likely N-dealkylation sites (N-methyl/N-ethyl adjacent to an activating group) is 1. The standard InChI is InChI=1S/C71H145N2O6P/c1-6-8-10-12-14-16-18-20-22-24-26-28-30-32-34-35-36-37-39-40-42-44-46-48-50-52-54-56-58-60-62-64-70(74)69(68-79-80(76,77)78-67-66-73(3,4)5)72-71(75)65-63-61-59-57-55-53-51-49-47-45-43-41-38-33-31-29-27-25-23-21-19-17-15-13-11-9-7-2/h69-70,74H,6-68H2,1-5H3,(H-,72,75,76,77). The Morgan fingerprint density at radius 3 is 0.850 bits per heavy atom. The minimum Gasteiger partial charge on any atom is -0.756 e. The summed E-state index contributed by atoms with van der Waals surface area (Å²) in [5.41, 5.74) is 0. The molecule has 8 nitrogen and oxygen atoms in total. The van der Waals surface area contributed by atoms with Crippen molar-refractivity contribution in [3.63, 3.8) is 0 Å². The SMILES string of the molecule is CCCCCCCCCCCCCCCCCCCCCCCCCCCCCCCCCC(O)C(COP(=O)([O-])OCC[N+](C)(C)C)NC(=O)CCCCCCCCCCCCCCCCCCCCCCCCCCCCC. The largest absolute Gasteiger partial charge is 0.756 e. The quantitative estimate of drug-likeness (QED) is 0.0357. The van der Waals surface area contributed by atoms with Crippen LogP contribution in [0.25, 0.3) is 0 Å². The topological polar surface area (TPSA) is 108 Å². The first-order valence-electron chi connectivity index (χ1n) is 36.4. The lowest BCUT2D eigenvalue weighted by molar-refractivity contribution is -0.870. The van der Waals surface area contributed by atoms with Gasteiger partial charge in [-0.15, -0.1) is 0 Å². The summed E-state index contributed by atoms with van der Waals surface area (Å²) in [6.07, 6.45) is 79.1. The van der Waals surface area contributed by atoms with Crippen LogP contribution in [0.15, 0.2) is 0 Å². The Hall–Kier alpha value is -0.500. The van der Waals surface area contributed by atoms with Crippen molar-refractivity contribution in [2.24, 2.45) is 0 Å². The smallest absolute Gasteiger partial charge is 0.268 e. The van der Waals surface area contributed by atoms with Gasteiger partial charge in [-0.1, -0.05) is 380 Å². The monoisotopic (exact) mass is 1150 g/mol. The van der Waals surface area contributed by atoms with Gasteiger partial charge in [0.1, 0.15) is 13.2 Å². The number of carbonyl (C=O) groups is 1. The van der Waals surface area contributed by atoms with Gasteiger partial charge in [-0.05, 0) is 12.8 Å². The molecular formula is C71H145N2O6P. The van der Waals surface area contributed by atoms with Crippen LogP contribution in [0.1, 0.15) is 399 Å². The van der Waals surface area contributed by atoms with Crippen LogP contribution in [0.4, 0.5) is 0 Å². The Morgan fingerprint density at radius 1 is 0.388 bits per heavy atom. The van der Waals surface area contributed by atoms with E-state index in [1.807, 2.05) is 21.1 Å². The summed E-state index contributed by atoms with van der Waals surface area (Å²) < 4.78 is 23.6. The van der Waals surface area contributed by atoms with Crippen LogP contribution in [0.3, 0.4) is 0 Å². The number of hydrogen-bond acceptors (Lipinski definition) is 6. The number of phosphoric ester groups is 1. The molecule has 0 saturated carbocycles. The number of nitrogens with one attached hydrogen (secondary N) is 1. The fraction of sp³-hybridized carbons (Fsp3) is 0.986. The van der Waals surface area contributed by atoms with Gasteiger partial charge in [-0.3, -0.25) is 9.36 Å². The maximum atomic E-state index is 13.1. The highest BCUT2D eigenvalue weighted by Crippen LogP contribution is 2.38. The van der Waals surface area contributed by atoms with E-state index < -0.39 is 20.0 Å². The Morgan fingerprint density at radius 2 is 0.613 bits per heavy atom. The van der Waals surface area contributed by atoms with Crippen LogP contribution in [0, 0.1) is 0 Å². The predicted molar refractivity (Wildman–Crippen MR) is 349 cm³/mol. The maximum Gasteiger partial charge on any atom is 0.268 e. The van der Waals surface area contributed by atoms with Crippen molar-refractivity contribution in [3.8, 4) is 0 Å². The number of aliphatic hydroxyl groups excluding tert-OH is 1. The minimum atomic E-state index is -4.58. The lowest BCUT2D eigenvalue weighted by Crippen LogP contribution is -2.46. The first kappa shape index (κ1) is 79.5. The molecule has 0 heterocycles. The molecule has 2 N–H and O–H groups in total. The molecular weight excluding hydrogens is 1010 g/mol. The molecule has 0 aliphatic rings.